The summed E-state index contributed by atoms with van der Waals surface area (Å²) in [7, 11) is 0. The molecule has 0 unspecified atom stereocenters. The average molecular weight is 481 g/mol. The number of hydrogen-bond acceptors (Lipinski definition) is 11. The van der Waals surface area contributed by atoms with Crippen molar-refractivity contribution in [3.05, 3.63) is 30.9 Å². The average Bonchev–Trinajstić information content (AvgIpc) is 3.33. The Morgan fingerprint density at radius 1 is 1.06 bits per heavy atom. The van der Waals surface area contributed by atoms with Crippen molar-refractivity contribution in [1.82, 2.24) is 30.2 Å². The Kier molecular flexibility index (Phi) is 5.98. The van der Waals surface area contributed by atoms with Crippen molar-refractivity contribution in [3.63, 3.8) is 0 Å². The molecular weight excluding hydrogens is 452 g/mol. The van der Waals surface area contributed by atoms with Crippen LogP contribution in [0.15, 0.2) is 30.9 Å². The second kappa shape index (κ2) is 9.40. The number of thiazole rings is 1. The summed E-state index contributed by atoms with van der Waals surface area (Å²) in [5.41, 5.74) is 2.24. The smallest absolute Gasteiger partial charge is 0.317 e. The number of piperazine rings is 1. The van der Waals surface area contributed by atoms with E-state index >= 15 is 0 Å². The van der Waals surface area contributed by atoms with Gasteiger partial charge in [-0.15, -0.1) is 0 Å². The fourth-order valence-corrected chi connectivity index (χ4v) is 5.48. The van der Waals surface area contributed by atoms with E-state index in [4.69, 9.17) is 9.47 Å². The topological polar surface area (TPSA) is 110 Å². The normalized spacial score (nSPS) is 20.2. The summed E-state index contributed by atoms with van der Waals surface area (Å²) >= 11 is 1.50. The summed E-state index contributed by atoms with van der Waals surface area (Å²) < 4.78 is 11.5. The molecule has 2 aliphatic heterocycles. The quantitative estimate of drug-likeness (QED) is 0.546. The molecular formula is C23H28N8O2S. The maximum atomic E-state index is 6.12. The molecule has 3 aromatic heterocycles. The highest BCUT2D eigenvalue weighted by Crippen LogP contribution is 2.43. The van der Waals surface area contributed by atoms with Gasteiger partial charge in [-0.05, 0) is 31.7 Å². The largest absolute Gasteiger partial charge is 0.460 e. The minimum Gasteiger partial charge on any atom is -0.460 e. The summed E-state index contributed by atoms with van der Waals surface area (Å²) in [5.74, 6) is 0.526. The zero-order valence-corrected chi connectivity index (χ0v) is 19.8. The van der Waals surface area contributed by atoms with E-state index in [9.17, 15) is 0 Å². The van der Waals surface area contributed by atoms with Crippen LogP contribution in [0.4, 0.5) is 16.8 Å². The van der Waals surface area contributed by atoms with Crippen molar-refractivity contribution in [2.24, 2.45) is 5.41 Å². The van der Waals surface area contributed by atoms with Crippen molar-refractivity contribution < 1.29 is 9.47 Å². The van der Waals surface area contributed by atoms with Crippen LogP contribution in [0.2, 0.25) is 0 Å². The summed E-state index contributed by atoms with van der Waals surface area (Å²) in [4.78, 5) is 25.6. The number of anilines is 3. The molecule has 3 fully saturated rings. The van der Waals surface area contributed by atoms with Crippen LogP contribution >= 0.6 is 11.3 Å². The number of nitrogens with one attached hydrogen (secondary N) is 2. The van der Waals surface area contributed by atoms with Gasteiger partial charge in [0.15, 0.2) is 5.13 Å². The van der Waals surface area contributed by atoms with Crippen LogP contribution in [-0.2, 0) is 4.74 Å². The molecule has 178 valence electrons. The third-order valence-electron chi connectivity index (χ3n) is 6.81. The Labute approximate surface area is 202 Å². The van der Waals surface area contributed by atoms with Crippen molar-refractivity contribution >= 4 is 28.1 Å². The molecule has 1 aliphatic carbocycles. The van der Waals surface area contributed by atoms with Crippen LogP contribution in [-0.4, -0.2) is 70.4 Å². The Bertz CT molecular complexity index is 1100. The van der Waals surface area contributed by atoms with Crippen molar-refractivity contribution in [2.45, 2.75) is 31.8 Å². The lowest BCUT2D eigenvalue weighted by molar-refractivity contribution is -0.140. The van der Waals surface area contributed by atoms with Gasteiger partial charge in [0, 0.05) is 44.0 Å². The van der Waals surface area contributed by atoms with E-state index in [1.165, 1.54) is 11.3 Å². The number of rotatable bonds is 6. The lowest BCUT2D eigenvalue weighted by Crippen LogP contribution is -2.46. The van der Waals surface area contributed by atoms with E-state index in [2.05, 4.69) is 40.5 Å². The van der Waals surface area contributed by atoms with E-state index in [0.717, 1.165) is 81.3 Å². The van der Waals surface area contributed by atoms with Gasteiger partial charge in [-0.2, -0.15) is 4.98 Å². The molecule has 10 nitrogen and oxygen atoms in total. The van der Waals surface area contributed by atoms with Crippen molar-refractivity contribution in [1.29, 1.82) is 0 Å². The maximum absolute atomic E-state index is 6.12. The molecule has 0 atom stereocenters. The number of ether oxygens (including phenoxy) is 2. The van der Waals surface area contributed by atoms with Crippen LogP contribution < -0.4 is 20.3 Å². The molecule has 1 spiro atoms. The lowest BCUT2D eigenvalue weighted by atomic mass is 9.72. The highest BCUT2D eigenvalue weighted by molar-refractivity contribution is 7.18. The third kappa shape index (κ3) is 4.68. The van der Waals surface area contributed by atoms with Crippen LogP contribution in [0.5, 0.6) is 6.01 Å². The minimum absolute atomic E-state index is 0.168. The summed E-state index contributed by atoms with van der Waals surface area (Å²) in [6.07, 6.45) is 11.8. The van der Waals surface area contributed by atoms with Crippen LogP contribution in [0, 0.1) is 5.41 Å². The second-order valence-electron chi connectivity index (χ2n) is 9.19. The van der Waals surface area contributed by atoms with Gasteiger partial charge >= 0.3 is 6.01 Å². The Balaban J connectivity index is 1.07. The molecule has 11 heteroatoms. The summed E-state index contributed by atoms with van der Waals surface area (Å²) in [6, 6.07) is 2.31. The molecule has 5 heterocycles. The van der Waals surface area contributed by atoms with Gasteiger partial charge in [0.2, 0.25) is 5.95 Å². The zero-order chi connectivity index (χ0) is 22.8. The first-order valence-electron chi connectivity index (χ1n) is 11.8. The molecule has 3 aromatic rings. The van der Waals surface area contributed by atoms with Gasteiger partial charge < -0.3 is 25.0 Å². The SMILES string of the molecule is c1cc(-c2cnc(Nc3ncc(N4CCNCC4)cn3)s2)nc(OC2CCC3(CC2)COC3)n1. The third-order valence-corrected chi connectivity index (χ3v) is 7.75. The monoisotopic (exact) mass is 480 g/mol. The predicted octanol–water partition coefficient (Wildman–Crippen LogP) is 2.88. The number of nitrogens with zero attached hydrogens (tertiary/aromatic N) is 6. The molecule has 6 rings (SSSR count). The standard InChI is InChI=1S/C23H28N8O2S/c1-4-23(14-32-15-23)5-2-17(1)33-21-25-6-3-18(29-21)19-13-28-22(34-19)30-20-26-11-16(12-27-20)31-9-7-24-8-10-31/h3,6,11-13,17,24H,1-2,4-5,7-10,14-15H2,(H,26,27,28,30). The number of aromatic nitrogens is 5. The Morgan fingerprint density at radius 2 is 1.85 bits per heavy atom. The fourth-order valence-electron chi connectivity index (χ4n) is 4.70. The van der Waals surface area contributed by atoms with Crippen LogP contribution in [0.25, 0.3) is 10.6 Å². The molecule has 2 N–H and O–H groups in total. The van der Waals surface area contributed by atoms with E-state index in [-0.39, 0.29) is 6.10 Å². The molecule has 0 bridgehead atoms. The maximum Gasteiger partial charge on any atom is 0.317 e. The van der Waals surface area contributed by atoms with Crippen molar-refractivity contribution in [2.75, 3.05) is 49.6 Å². The van der Waals surface area contributed by atoms with Gasteiger partial charge in [-0.25, -0.2) is 19.9 Å². The first-order valence-corrected chi connectivity index (χ1v) is 12.6. The Hall–Kier alpha value is -2.89. The van der Waals surface area contributed by atoms with Gasteiger partial charge in [0.1, 0.15) is 6.10 Å². The van der Waals surface area contributed by atoms with Gasteiger partial charge in [-0.3, -0.25) is 0 Å². The molecule has 2 saturated heterocycles. The lowest BCUT2D eigenvalue weighted by Gasteiger charge is -2.45. The van der Waals surface area contributed by atoms with Crippen LogP contribution in [0.1, 0.15) is 25.7 Å². The number of hydrogen-bond donors (Lipinski definition) is 2. The Morgan fingerprint density at radius 3 is 2.59 bits per heavy atom. The second-order valence-corrected chi connectivity index (χ2v) is 10.2. The molecule has 0 radical (unpaired) electrons. The predicted molar refractivity (Wildman–Crippen MR) is 130 cm³/mol. The fraction of sp³-hybridized carbons (Fsp3) is 0.522. The first-order chi connectivity index (χ1) is 16.7. The van der Waals surface area contributed by atoms with Gasteiger partial charge in [0.25, 0.3) is 0 Å². The van der Waals surface area contributed by atoms with E-state index in [1.54, 1.807) is 12.4 Å². The molecule has 0 aromatic carbocycles. The van der Waals surface area contributed by atoms with E-state index < -0.39 is 0 Å². The zero-order valence-electron chi connectivity index (χ0n) is 18.9. The summed E-state index contributed by atoms with van der Waals surface area (Å²) in [5, 5.41) is 7.26. The van der Waals surface area contributed by atoms with Gasteiger partial charge in [-0.1, -0.05) is 11.3 Å². The van der Waals surface area contributed by atoms with E-state index in [0.29, 0.717) is 22.5 Å². The molecule has 34 heavy (non-hydrogen) atoms. The summed E-state index contributed by atoms with van der Waals surface area (Å²) in [6.45, 7) is 5.70. The van der Waals surface area contributed by atoms with Gasteiger partial charge in [0.05, 0.1) is 41.9 Å². The molecule has 0 amide bonds. The highest BCUT2D eigenvalue weighted by Gasteiger charge is 2.42. The van der Waals surface area contributed by atoms with Crippen molar-refractivity contribution in [3.8, 4) is 16.6 Å². The highest BCUT2D eigenvalue weighted by atomic mass is 32.1. The minimum atomic E-state index is 0.168. The molecule has 3 aliphatic rings. The van der Waals surface area contributed by atoms with E-state index in [1.807, 2.05) is 18.5 Å². The molecule has 1 saturated carbocycles. The van der Waals surface area contributed by atoms with Crippen LogP contribution in [0.3, 0.4) is 0 Å². The first kappa shape index (κ1) is 21.6.